The number of carboxylic acid groups (broad SMARTS) is 1. The Morgan fingerprint density at radius 2 is 2.05 bits per heavy atom. The van der Waals surface area contributed by atoms with Crippen LogP contribution in [0.25, 0.3) is 0 Å². The molecule has 5 heteroatoms. The molecule has 0 heterocycles. The van der Waals surface area contributed by atoms with Crippen LogP contribution in [-0.4, -0.2) is 22.5 Å². The van der Waals surface area contributed by atoms with Crippen LogP contribution in [0.3, 0.4) is 0 Å². The van der Waals surface area contributed by atoms with Crippen LogP contribution in [0.5, 0.6) is 0 Å². The van der Waals surface area contributed by atoms with E-state index in [0.717, 1.165) is 0 Å². The van der Waals surface area contributed by atoms with Crippen LogP contribution in [-0.2, 0) is 4.79 Å². The highest BCUT2D eigenvalue weighted by atomic mass is 16.4. The van der Waals surface area contributed by atoms with Gasteiger partial charge in [-0.3, -0.25) is 4.79 Å². The van der Waals surface area contributed by atoms with Gasteiger partial charge in [-0.05, 0) is 38.0 Å². The third-order valence-electron chi connectivity index (χ3n) is 3.23. The molecule has 0 spiro atoms. The number of anilines is 1. The minimum absolute atomic E-state index is 0.370. The fourth-order valence-corrected chi connectivity index (χ4v) is 1.94. The van der Waals surface area contributed by atoms with Crippen molar-refractivity contribution in [3.05, 3.63) is 29.3 Å². The molecule has 0 radical (unpaired) electrons. The minimum Gasteiger partial charge on any atom is -0.480 e. The van der Waals surface area contributed by atoms with Gasteiger partial charge in [0.25, 0.3) is 5.91 Å². The van der Waals surface area contributed by atoms with E-state index in [1.165, 1.54) is 6.92 Å². The van der Waals surface area contributed by atoms with Gasteiger partial charge in [-0.1, -0.05) is 19.4 Å². The SMILES string of the molecule is CCCC(C)(NC(=O)c1cccc(N)c1C)C(=O)O. The van der Waals surface area contributed by atoms with Gasteiger partial charge in [0.05, 0.1) is 0 Å². The lowest BCUT2D eigenvalue weighted by Crippen LogP contribution is -2.52. The Labute approximate surface area is 112 Å². The molecule has 0 saturated carbocycles. The molecule has 1 rings (SSSR count). The number of benzene rings is 1. The summed E-state index contributed by atoms with van der Waals surface area (Å²) < 4.78 is 0. The number of carbonyl (C=O) groups is 2. The van der Waals surface area contributed by atoms with Crippen LogP contribution in [0.2, 0.25) is 0 Å². The van der Waals surface area contributed by atoms with Gasteiger partial charge in [0.15, 0.2) is 0 Å². The summed E-state index contributed by atoms with van der Waals surface area (Å²) in [5.74, 6) is -1.45. The fourth-order valence-electron chi connectivity index (χ4n) is 1.94. The van der Waals surface area contributed by atoms with E-state index in [0.29, 0.717) is 29.7 Å². The average molecular weight is 264 g/mol. The van der Waals surface area contributed by atoms with Gasteiger partial charge in [0.2, 0.25) is 0 Å². The maximum Gasteiger partial charge on any atom is 0.329 e. The van der Waals surface area contributed by atoms with Gasteiger partial charge >= 0.3 is 5.97 Å². The first-order valence-electron chi connectivity index (χ1n) is 6.23. The quantitative estimate of drug-likeness (QED) is 0.709. The average Bonchev–Trinajstić information content (AvgIpc) is 2.32. The number of carboxylic acids is 1. The van der Waals surface area contributed by atoms with Crippen LogP contribution >= 0.6 is 0 Å². The molecule has 0 aliphatic rings. The maximum absolute atomic E-state index is 12.2. The largest absolute Gasteiger partial charge is 0.480 e. The predicted molar refractivity (Wildman–Crippen MR) is 74.0 cm³/mol. The Morgan fingerprint density at radius 1 is 1.42 bits per heavy atom. The number of amides is 1. The summed E-state index contributed by atoms with van der Waals surface area (Å²) in [6.45, 7) is 5.12. The van der Waals surface area contributed by atoms with Crippen molar-refractivity contribution in [2.75, 3.05) is 5.73 Å². The molecule has 5 nitrogen and oxygen atoms in total. The van der Waals surface area contributed by atoms with Crippen molar-refractivity contribution in [3.8, 4) is 0 Å². The number of hydrogen-bond donors (Lipinski definition) is 3. The number of nitrogens with one attached hydrogen (secondary N) is 1. The molecule has 0 aliphatic carbocycles. The number of nitrogens with two attached hydrogens (primary N) is 1. The number of rotatable bonds is 5. The molecule has 1 amide bonds. The number of hydrogen-bond acceptors (Lipinski definition) is 3. The van der Waals surface area contributed by atoms with Crippen LogP contribution in [0.4, 0.5) is 5.69 Å². The Kier molecular flexibility index (Phi) is 4.53. The highest BCUT2D eigenvalue weighted by Crippen LogP contribution is 2.18. The molecular formula is C14H20N2O3. The van der Waals surface area contributed by atoms with Crippen molar-refractivity contribution in [3.63, 3.8) is 0 Å². The normalized spacial score (nSPS) is 13.6. The van der Waals surface area contributed by atoms with Crippen molar-refractivity contribution < 1.29 is 14.7 Å². The lowest BCUT2D eigenvalue weighted by Gasteiger charge is -2.26. The molecule has 104 valence electrons. The minimum atomic E-state index is -1.26. The Bertz CT molecular complexity index is 499. The van der Waals surface area contributed by atoms with Gasteiger partial charge in [0, 0.05) is 11.3 Å². The van der Waals surface area contributed by atoms with E-state index in [1.54, 1.807) is 25.1 Å². The van der Waals surface area contributed by atoms with Gasteiger partial charge in [-0.15, -0.1) is 0 Å². The van der Waals surface area contributed by atoms with Gasteiger partial charge in [-0.25, -0.2) is 4.79 Å². The first-order chi connectivity index (χ1) is 8.81. The van der Waals surface area contributed by atoms with Crippen LogP contribution in [0.15, 0.2) is 18.2 Å². The van der Waals surface area contributed by atoms with E-state index in [9.17, 15) is 14.7 Å². The maximum atomic E-state index is 12.2. The summed E-state index contributed by atoms with van der Waals surface area (Å²) in [5.41, 5.74) is 6.06. The smallest absolute Gasteiger partial charge is 0.329 e. The highest BCUT2D eigenvalue weighted by Gasteiger charge is 2.34. The third kappa shape index (κ3) is 3.24. The van der Waals surface area contributed by atoms with E-state index in [4.69, 9.17) is 5.73 Å². The summed E-state index contributed by atoms with van der Waals surface area (Å²) in [7, 11) is 0. The molecule has 0 aliphatic heterocycles. The molecule has 0 aromatic heterocycles. The lowest BCUT2D eigenvalue weighted by atomic mass is 9.95. The van der Waals surface area contributed by atoms with E-state index in [2.05, 4.69) is 5.32 Å². The van der Waals surface area contributed by atoms with Crippen molar-refractivity contribution in [1.82, 2.24) is 5.32 Å². The number of aliphatic carboxylic acids is 1. The van der Waals surface area contributed by atoms with Crippen molar-refractivity contribution in [2.24, 2.45) is 0 Å². The van der Waals surface area contributed by atoms with Crippen LogP contribution < -0.4 is 11.1 Å². The Hall–Kier alpha value is -2.04. The zero-order valence-corrected chi connectivity index (χ0v) is 11.5. The molecule has 0 fully saturated rings. The van der Waals surface area contributed by atoms with Crippen LogP contribution in [0.1, 0.15) is 42.6 Å². The van der Waals surface area contributed by atoms with E-state index in [-0.39, 0.29) is 0 Å². The molecule has 0 saturated heterocycles. The van der Waals surface area contributed by atoms with Crippen molar-refractivity contribution in [1.29, 1.82) is 0 Å². The summed E-state index contributed by atoms with van der Waals surface area (Å²) in [4.78, 5) is 23.5. The molecule has 1 aromatic rings. The van der Waals surface area contributed by atoms with Gasteiger partial charge in [-0.2, -0.15) is 0 Å². The van der Waals surface area contributed by atoms with E-state index < -0.39 is 17.4 Å². The first-order valence-corrected chi connectivity index (χ1v) is 6.23. The summed E-state index contributed by atoms with van der Waals surface area (Å²) in [6, 6.07) is 5.01. The molecule has 4 N–H and O–H groups in total. The zero-order chi connectivity index (χ0) is 14.6. The molecule has 0 bridgehead atoms. The molecule has 1 unspecified atom stereocenters. The highest BCUT2D eigenvalue weighted by molar-refractivity contribution is 5.99. The standard InChI is InChI=1S/C14H20N2O3/c1-4-8-14(3,13(18)19)16-12(17)10-6-5-7-11(15)9(10)2/h5-7H,4,8,15H2,1-3H3,(H,16,17)(H,18,19). The molecule has 1 aromatic carbocycles. The summed E-state index contributed by atoms with van der Waals surface area (Å²) in [5, 5.41) is 11.8. The Balaban J connectivity index is 3.01. The second kappa shape index (κ2) is 5.73. The van der Waals surface area contributed by atoms with Crippen molar-refractivity contribution >= 4 is 17.6 Å². The summed E-state index contributed by atoms with van der Waals surface area (Å²) in [6.07, 6.45) is 1.04. The zero-order valence-electron chi connectivity index (χ0n) is 11.5. The summed E-state index contributed by atoms with van der Waals surface area (Å²) >= 11 is 0. The predicted octanol–water partition coefficient (Wildman–Crippen LogP) is 1.95. The number of carbonyl (C=O) groups excluding carboxylic acids is 1. The van der Waals surface area contributed by atoms with E-state index >= 15 is 0 Å². The van der Waals surface area contributed by atoms with Gasteiger partial charge < -0.3 is 16.2 Å². The first kappa shape index (κ1) is 15.0. The second-order valence-corrected chi connectivity index (χ2v) is 4.86. The molecule has 19 heavy (non-hydrogen) atoms. The van der Waals surface area contributed by atoms with Crippen LogP contribution in [0, 0.1) is 6.92 Å². The van der Waals surface area contributed by atoms with E-state index in [1.807, 2.05) is 6.92 Å². The second-order valence-electron chi connectivity index (χ2n) is 4.86. The molecular weight excluding hydrogens is 244 g/mol. The molecule has 1 atom stereocenters. The fraction of sp³-hybridized carbons (Fsp3) is 0.429. The topological polar surface area (TPSA) is 92.4 Å². The third-order valence-corrected chi connectivity index (χ3v) is 3.23. The lowest BCUT2D eigenvalue weighted by molar-refractivity contribution is -0.144. The Morgan fingerprint density at radius 3 is 2.58 bits per heavy atom. The van der Waals surface area contributed by atoms with Crippen molar-refractivity contribution in [2.45, 2.75) is 39.2 Å². The van der Waals surface area contributed by atoms with Gasteiger partial charge in [0.1, 0.15) is 5.54 Å². The number of nitrogen functional groups attached to an aromatic ring is 1. The monoisotopic (exact) mass is 264 g/mol.